The zero-order chi connectivity index (χ0) is 25.2. The third-order valence-electron chi connectivity index (χ3n) is 8.18. The van der Waals surface area contributed by atoms with Crippen LogP contribution in [0, 0.1) is 35.4 Å². The summed E-state index contributed by atoms with van der Waals surface area (Å²) in [5.74, 6) is 0.629. The van der Waals surface area contributed by atoms with Crippen molar-refractivity contribution in [2.45, 2.75) is 51.7 Å². The van der Waals surface area contributed by atoms with Gasteiger partial charge >= 0.3 is 12.1 Å². The Bertz CT molecular complexity index is 1130. The molecule has 7 heteroatoms. The molecule has 5 rings (SSSR count). The van der Waals surface area contributed by atoms with Gasteiger partial charge < -0.3 is 14.8 Å². The van der Waals surface area contributed by atoms with Gasteiger partial charge in [0.2, 0.25) is 0 Å². The van der Waals surface area contributed by atoms with Crippen LogP contribution in [0.5, 0.6) is 0 Å². The number of aromatic nitrogens is 1. The third-order valence-corrected chi connectivity index (χ3v) is 8.18. The minimum Gasteiger partial charge on any atom is -0.462 e. The number of pyridine rings is 1. The molecule has 2 saturated carbocycles. The molecule has 2 heterocycles. The highest BCUT2D eigenvalue weighted by atomic mass is 19.1. The van der Waals surface area contributed by atoms with Gasteiger partial charge in [-0.15, -0.1) is 0 Å². The second kappa shape index (κ2) is 10.4. The summed E-state index contributed by atoms with van der Waals surface area (Å²) in [5, 5.41) is 3.00. The zero-order valence-electron chi connectivity index (χ0n) is 20.7. The van der Waals surface area contributed by atoms with Crippen LogP contribution in [0.4, 0.5) is 9.18 Å². The van der Waals surface area contributed by atoms with Gasteiger partial charge in [-0.2, -0.15) is 0 Å². The molecule has 1 aromatic heterocycles. The number of carbonyl (C=O) groups is 2. The Labute approximate surface area is 211 Å². The van der Waals surface area contributed by atoms with Crippen LogP contribution in [0.3, 0.4) is 0 Å². The highest BCUT2D eigenvalue weighted by Crippen LogP contribution is 2.53. The summed E-state index contributed by atoms with van der Waals surface area (Å²) in [6.07, 6.45) is 9.07. The normalized spacial score (nSPS) is 31.4. The van der Waals surface area contributed by atoms with Gasteiger partial charge in [-0.05, 0) is 87.1 Å². The Balaban J connectivity index is 1.34. The van der Waals surface area contributed by atoms with Crippen LogP contribution >= 0.6 is 0 Å². The average Bonchev–Trinajstić information content (AvgIpc) is 3.15. The van der Waals surface area contributed by atoms with Gasteiger partial charge in [-0.1, -0.05) is 24.3 Å². The SMILES string of the molecule is CCOC(=O)N[C@@H]1CC[C@@H]2[C@H](C1)C[C@H]1C(=O)O[C@H](C)[C@H]1[C@@H]2C=Cc1ccc(-c2cccc(F)c2)cn1. The van der Waals surface area contributed by atoms with Crippen LogP contribution in [0.2, 0.25) is 0 Å². The maximum absolute atomic E-state index is 13.6. The smallest absolute Gasteiger partial charge is 0.407 e. The summed E-state index contributed by atoms with van der Waals surface area (Å²) >= 11 is 0. The lowest BCUT2D eigenvalue weighted by Gasteiger charge is -2.47. The Morgan fingerprint density at radius 2 is 2.08 bits per heavy atom. The molecule has 7 atom stereocenters. The molecule has 36 heavy (non-hydrogen) atoms. The number of esters is 1. The van der Waals surface area contributed by atoms with E-state index < -0.39 is 0 Å². The van der Waals surface area contributed by atoms with Crippen LogP contribution < -0.4 is 5.32 Å². The number of carbonyl (C=O) groups excluding carboxylic acids is 2. The lowest BCUT2D eigenvalue weighted by Crippen LogP contribution is -2.48. The number of amides is 1. The molecule has 1 N–H and O–H groups in total. The Morgan fingerprint density at radius 3 is 2.83 bits per heavy atom. The maximum atomic E-state index is 13.6. The number of alkyl carbamates (subject to hydrolysis) is 1. The lowest BCUT2D eigenvalue weighted by atomic mass is 9.57. The fourth-order valence-electron chi connectivity index (χ4n) is 6.64. The quantitative estimate of drug-likeness (QED) is 0.548. The molecule has 190 valence electrons. The van der Waals surface area contributed by atoms with Crippen molar-refractivity contribution in [3.8, 4) is 11.1 Å². The molecule has 3 fully saturated rings. The van der Waals surface area contributed by atoms with Crippen LogP contribution in [0.1, 0.15) is 45.2 Å². The number of hydrogen-bond donors (Lipinski definition) is 1. The van der Waals surface area contributed by atoms with Crippen molar-refractivity contribution in [2.75, 3.05) is 6.61 Å². The molecule has 3 aliphatic rings. The fraction of sp³-hybridized carbons (Fsp3) is 0.483. The minimum absolute atomic E-state index is 0.0679. The molecule has 0 radical (unpaired) electrons. The number of nitrogens with zero attached hydrogens (tertiary/aromatic N) is 1. The van der Waals surface area contributed by atoms with Gasteiger partial charge in [0.25, 0.3) is 0 Å². The number of nitrogens with one attached hydrogen (secondary N) is 1. The van der Waals surface area contributed by atoms with E-state index in [4.69, 9.17) is 9.47 Å². The molecule has 1 amide bonds. The van der Waals surface area contributed by atoms with Gasteiger partial charge in [-0.3, -0.25) is 9.78 Å². The first kappa shape index (κ1) is 24.5. The molecule has 0 spiro atoms. The van der Waals surface area contributed by atoms with Crippen molar-refractivity contribution < 1.29 is 23.5 Å². The zero-order valence-corrected chi connectivity index (χ0v) is 20.7. The number of hydrogen-bond acceptors (Lipinski definition) is 5. The predicted octanol–water partition coefficient (Wildman–Crippen LogP) is 5.63. The van der Waals surface area contributed by atoms with E-state index in [1.165, 1.54) is 12.1 Å². The summed E-state index contributed by atoms with van der Waals surface area (Å²) in [5.41, 5.74) is 2.48. The van der Waals surface area contributed by atoms with Crippen LogP contribution in [-0.4, -0.2) is 35.8 Å². The molecule has 2 aromatic rings. The van der Waals surface area contributed by atoms with Gasteiger partial charge in [0.05, 0.1) is 18.2 Å². The number of allylic oxidation sites excluding steroid dienone is 1. The van der Waals surface area contributed by atoms with Gasteiger partial charge in [0.1, 0.15) is 11.9 Å². The molecule has 2 aliphatic carbocycles. The first-order valence-corrected chi connectivity index (χ1v) is 13.0. The van der Waals surface area contributed by atoms with E-state index in [-0.39, 0.29) is 47.8 Å². The number of cyclic esters (lactones) is 1. The first-order chi connectivity index (χ1) is 17.4. The summed E-state index contributed by atoms with van der Waals surface area (Å²) < 4.78 is 24.3. The van der Waals surface area contributed by atoms with E-state index in [0.29, 0.717) is 18.4 Å². The molecular weight excluding hydrogens is 459 g/mol. The molecule has 6 nitrogen and oxygen atoms in total. The summed E-state index contributed by atoms with van der Waals surface area (Å²) in [4.78, 5) is 29.2. The van der Waals surface area contributed by atoms with Crippen LogP contribution in [-0.2, 0) is 14.3 Å². The van der Waals surface area contributed by atoms with Crippen molar-refractivity contribution in [3.63, 3.8) is 0 Å². The predicted molar refractivity (Wildman–Crippen MR) is 134 cm³/mol. The maximum Gasteiger partial charge on any atom is 0.407 e. The average molecular weight is 493 g/mol. The second-order valence-corrected chi connectivity index (χ2v) is 10.3. The van der Waals surface area contributed by atoms with E-state index in [0.717, 1.165) is 42.5 Å². The standard InChI is InChI=1S/C29H33FN2O4/c1-3-35-29(34)32-23-10-11-24-20(14-23)15-26-27(17(2)36-28(26)33)25(24)12-9-22-8-7-19(16-31-22)18-5-4-6-21(30)13-18/h4-9,12-13,16-17,20,23-27H,3,10-11,14-15H2,1-2H3,(H,32,34)/t17-,20-,23-,24-,25-,26-,27+/m1/s1. The van der Waals surface area contributed by atoms with Crippen LogP contribution in [0.25, 0.3) is 17.2 Å². The van der Waals surface area contributed by atoms with Gasteiger partial charge in [0.15, 0.2) is 0 Å². The highest BCUT2D eigenvalue weighted by Gasteiger charge is 2.54. The summed E-state index contributed by atoms with van der Waals surface area (Å²) in [6, 6.07) is 10.4. The summed E-state index contributed by atoms with van der Waals surface area (Å²) in [6.45, 7) is 4.15. The molecule has 1 aliphatic heterocycles. The second-order valence-electron chi connectivity index (χ2n) is 10.3. The van der Waals surface area contributed by atoms with Crippen molar-refractivity contribution in [1.29, 1.82) is 0 Å². The fourth-order valence-corrected chi connectivity index (χ4v) is 6.64. The number of fused-ring (bicyclic) bond motifs is 2. The van der Waals surface area contributed by atoms with E-state index in [1.54, 1.807) is 19.2 Å². The van der Waals surface area contributed by atoms with E-state index in [2.05, 4.69) is 16.4 Å². The summed E-state index contributed by atoms with van der Waals surface area (Å²) in [7, 11) is 0. The molecule has 1 saturated heterocycles. The number of rotatable bonds is 5. The van der Waals surface area contributed by atoms with E-state index >= 15 is 0 Å². The third kappa shape index (κ3) is 5.01. The van der Waals surface area contributed by atoms with Crippen molar-refractivity contribution in [2.24, 2.45) is 29.6 Å². The molecule has 0 unspecified atom stereocenters. The number of halogens is 1. The number of ether oxygens (including phenoxy) is 2. The van der Waals surface area contributed by atoms with E-state index in [1.807, 2.05) is 31.2 Å². The highest BCUT2D eigenvalue weighted by molar-refractivity contribution is 5.75. The largest absolute Gasteiger partial charge is 0.462 e. The lowest BCUT2D eigenvalue weighted by molar-refractivity contribution is -0.144. The monoisotopic (exact) mass is 492 g/mol. The van der Waals surface area contributed by atoms with Crippen molar-refractivity contribution >= 4 is 18.1 Å². The van der Waals surface area contributed by atoms with E-state index in [9.17, 15) is 14.0 Å². The Morgan fingerprint density at radius 1 is 1.22 bits per heavy atom. The van der Waals surface area contributed by atoms with Crippen LogP contribution in [0.15, 0.2) is 48.7 Å². The number of benzene rings is 1. The molecular formula is C29H33FN2O4. The van der Waals surface area contributed by atoms with Gasteiger partial charge in [-0.25, -0.2) is 9.18 Å². The van der Waals surface area contributed by atoms with Crippen molar-refractivity contribution in [3.05, 3.63) is 60.2 Å². The van der Waals surface area contributed by atoms with Crippen molar-refractivity contribution in [1.82, 2.24) is 10.3 Å². The Kier molecular flexibility index (Phi) is 7.08. The molecule has 0 bridgehead atoms. The topological polar surface area (TPSA) is 77.5 Å². The molecule has 1 aromatic carbocycles. The Hall–Kier alpha value is -3.22. The van der Waals surface area contributed by atoms with Gasteiger partial charge in [0, 0.05) is 23.7 Å². The first-order valence-electron chi connectivity index (χ1n) is 13.0. The minimum atomic E-state index is -0.368.